The molecule has 0 radical (unpaired) electrons. The van der Waals surface area contributed by atoms with E-state index in [0.717, 1.165) is 22.3 Å². The van der Waals surface area contributed by atoms with Crippen molar-refractivity contribution in [3.8, 4) is 11.4 Å². The molecular formula is C14H14N4OS. The van der Waals surface area contributed by atoms with E-state index in [0.29, 0.717) is 17.9 Å². The number of pyridine rings is 1. The van der Waals surface area contributed by atoms with Crippen LogP contribution in [0.1, 0.15) is 0 Å². The molecule has 2 aromatic heterocycles. The summed E-state index contributed by atoms with van der Waals surface area (Å²) in [5, 5.41) is 8.26. The van der Waals surface area contributed by atoms with Crippen LogP contribution < -0.4 is 0 Å². The van der Waals surface area contributed by atoms with Crippen molar-refractivity contribution in [2.24, 2.45) is 0 Å². The van der Waals surface area contributed by atoms with Crippen LogP contribution in [0.25, 0.3) is 22.3 Å². The average Bonchev–Trinajstić information content (AvgIpc) is 2.85. The lowest BCUT2D eigenvalue weighted by Crippen LogP contribution is -2.06. The van der Waals surface area contributed by atoms with Gasteiger partial charge in [0, 0.05) is 24.3 Å². The van der Waals surface area contributed by atoms with E-state index in [9.17, 15) is 0 Å². The smallest absolute Gasteiger partial charge is 0.195 e. The third-order valence-corrected chi connectivity index (χ3v) is 3.48. The van der Waals surface area contributed by atoms with Gasteiger partial charge in [0.2, 0.25) is 0 Å². The van der Waals surface area contributed by atoms with Crippen LogP contribution >= 0.6 is 12.2 Å². The fourth-order valence-electron chi connectivity index (χ4n) is 2.20. The summed E-state index contributed by atoms with van der Waals surface area (Å²) >= 11 is 5.28. The van der Waals surface area contributed by atoms with Crippen molar-refractivity contribution in [1.82, 2.24) is 19.7 Å². The quantitative estimate of drug-likeness (QED) is 0.749. The number of hydrogen-bond acceptors (Lipinski definition) is 4. The maximum absolute atomic E-state index is 5.28. The van der Waals surface area contributed by atoms with Gasteiger partial charge in [-0.2, -0.15) is 5.10 Å². The Morgan fingerprint density at radius 2 is 2.15 bits per heavy atom. The van der Waals surface area contributed by atoms with Gasteiger partial charge in [0.15, 0.2) is 10.6 Å². The zero-order valence-corrected chi connectivity index (χ0v) is 11.9. The van der Waals surface area contributed by atoms with Crippen molar-refractivity contribution >= 4 is 23.1 Å². The van der Waals surface area contributed by atoms with Crippen LogP contribution in [0.3, 0.4) is 0 Å². The summed E-state index contributed by atoms with van der Waals surface area (Å²) < 4.78 is 7.67. The average molecular weight is 286 g/mol. The molecule has 5 nitrogen and oxygen atoms in total. The van der Waals surface area contributed by atoms with Crippen molar-refractivity contribution in [3.63, 3.8) is 0 Å². The molecule has 0 saturated heterocycles. The van der Waals surface area contributed by atoms with Gasteiger partial charge in [-0.15, -0.1) is 0 Å². The van der Waals surface area contributed by atoms with E-state index in [2.05, 4.69) is 15.2 Å². The second-order valence-corrected chi connectivity index (χ2v) is 4.76. The number of benzene rings is 1. The molecule has 3 aromatic rings. The lowest BCUT2D eigenvalue weighted by molar-refractivity contribution is 0.187. The summed E-state index contributed by atoms with van der Waals surface area (Å²) in [6.45, 7) is 1.25. The normalized spacial score (nSPS) is 11.1. The van der Waals surface area contributed by atoms with E-state index in [1.165, 1.54) is 0 Å². The van der Waals surface area contributed by atoms with E-state index in [-0.39, 0.29) is 0 Å². The highest BCUT2D eigenvalue weighted by Crippen LogP contribution is 2.25. The number of H-pyrrole nitrogens is 1. The van der Waals surface area contributed by atoms with E-state index < -0.39 is 0 Å². The van der Waals surface area contributed by atoms with E-state index in [1.807, 2.05) is 34.9 Å². The van der Waals surface area contributed by atoms with Crippen LogP contribution in [0.2, 0.25) is 0 Å². The monoisotopic (exact) mass is 286 g/mol. The van der Waals surface area contributed by atoms with Crippen LogP contribution in [0.5, 0.6) is 0 Å². The van der Waals surface area contributed by atoms with E-state index in [1.54, 1.807) is 13.3 Å². The maximum Gasteiger partial charge on any atom is 0.195 e. The molecule has 0 amide bonds. The Kier molecular flexibility index (Phi) is 3.58. The molecular weight excluding hydrogens is 272 g/mol. The van der Waals surface area contributed by atoms with Crippen molar-refractivity contribution in [2.45, 2.75) is 6.54 Å². The van der Waals surface area contributed by atoms with Crippen molar-refractivity contribution in [3.05, 3.63) is 41.3 Å². The molecule has 0 aliphatic carbocycles. The van der Waals surface area contributed by atoms with Crippen molar-refractivity contribution in [1.29, 1.82) is 0 Å². The van der Waals surface area contributed by atoms with E-state index >= 15 is 0 Å². The van der Waals surface area contributed by atoms with Crippen LogP contribution in [-0.2, 0) is 11.3 Å². The Labute approximate surface area is 121 Å². The number of aromatic nitrogens is 4. The lowest BCUT2D eigenvalue weighted by atomic mass is 10.1. The number of nitrogens with zero attached hydrogens (tertiary/aromatic N) is 3. The second-order valence-electron chi connectivity index (χ2n) is 4.37. The van der Waals surface area contributed by atoms with Crippen molar-refractivity contribution < 1.29 is 4.74 Å². The number of methoxy groups -OCH3 is 1. The molecule has 0 aliphatic rings. The first-order valence-corrected chi connectivity index (χ1v) is 6.70. The Balaban J connectivity index is 2.19. The molecule has 6 heteroatoms. The second kappa shape index (κ2) is 5.52. The number of nitrogens with one attached hydrogen (secondary N) is 1. The van der Waals surface area contributed by atoms with Gasteiger partial charge in [-0.25, -0.2) is 0 Å². The third kappa shape index (κ3) is 2.23. The minimum absolute atomic E-state index is 0.587. The number of fused-ring (bicyclic) bond motifs is 1. The highest BCUT2D eigenvalue weighted by atomic mass is 32.1. The Morgan fingerprint density at radius 1 is 1.30 bits per heavy atom. The third-order valence-electron chi connectivity index (χ3n) is 3.17. The Morgan fingerprint density at radius 3 is 3.00 bits per heavy atom. The fraction of sp³-hybridized carbons (Fsp3) is 0.214. The highest BCUT2D eigenvalue weighted by Gasteiger charge is 2.11. The largest absolute Gasteiger partial charge is 0.383 e. The molecule has 1 N–H and O–H groups in total. The predicted molar refractivity (Wildman–Crippen MR) is 80.0 cm³/mol. The molecule has 0 saturated carbocycles. The van der Waals surface area contributed by atoms with Crippen molar-refractivity contribution in [2.75, 3.05) is 13.7 Å². The van der Waals surface area contributed by atoms with Gasteiger partial charge in [0.05, 0.1) is 18.7 Å². The summed E-state index contributed by atoms with van der Waals surface area (Å²) in [6, 6.07) is 9.95. The number of ether oxygens (including phenoxy) is 1. The molecule has 0 fully saturated rings. The number of hydrogen-bond donors (Lipinski definition) is 1. The molecule has 1 aromatic carbocycles. The summed E-state index contributed by atoms with van der Waals surface area (Å²) in [5.41, 5.74) is 1.95. The van der Waals surface area contributed by atoms with Crippen LogP contribution in [-0.4, -0.2) is 33.5 Å². The lowest BCUT2D eigenvalue weighted by Gasteiger charge is -2.08. The molecule has 0 spiro atoms. The van der Waals surface area contributed by atoms with Gasteiger partial charge in [-0.1, -0.05) is 18.2 Å². The minimum atomic E-state index is 0.587. The van der Waals surface area contributed by atoms with Gasteiger partial charge in [0.1, 0.15) is 0 Å². The number of aromatic amines is 1. The first-order valence-electron chi connectivity index (χ1n) is 6.29. The Bertz CT molecular complexity index is 788. The standard InChI is InChI=1S/C14H14N4OS/c1-19-9-8-18-13(16-17-14(18)20)11-6-7-15-12-5-3-2-4-10(11)12/h2-7H,8-9H2,1H3,(H,17,20). The van der Waals surface area contributed by atoms with Gasteiger partial charge in [-0.3, -0.25) is 14.6 Å². The molecule has 0 unspecified atom stereocenters. The van der Waals surface area contributed by atoms with Crippen LogP contribution in [0.15, 0.2) is 36.5 Å². The molecule has 3 rings (SSSR count). The molecule has 2 heterocycles. The molecule has 0 bridgehead atoms. The SMILES string of the molecule is COCCn1c(-c2ccnc3ccccc23)n[nH]c1=S. The highest BCUT2D eigenvalue weighted by molar-refractivity contribution is 7.71. The van der Waals surface area contributed by atoms with Gasteiger partial charge >= 0.3 is 0 Å². The molecule has 0 atom stereocenters. The zero-order chi connectivity index (χ0) is 13.9. The summed E-state index contributed by atoms with van der Waals surface area (Å²) in [5.74, 6) is 0.811. The first kappa shape index (κ1) is 13.0. The molecule has 20 heavy (non-hydrogen) atoms. The number of rotatable bonds is 4. The van der Waals surface area contributed by atoms with Gasteiger partial charge in [-0.05, 0) is 24.4 Å². The molecule has 0 aliphatic heterocycles. The maximum atomic E-state index is 5.28. The van der Waals surface area contributed by atoms with Crippen LogP contribution in [0.4, 0.5) is 0 Å². The zero-order valence-electron chi connectivity index (χ0n) is 11.0. The van der Waals surface area contributed by atoms with Crippen LogP contribution in [0, 0.1) is 4.77 Å². The first-order chi connectivity index (χ1) is 9.81. The fourth-order valence-corrected chi connectivity index (χ4v) is 2.43. The summed E-state index contributed by atoms with van der Waals surface area (Å²) in [4.78, 5) is 4.37. The predicted octanol–water partition coefficient (Wildman–Crippen LogP) is 2.80. The minimum Gasteiger partial charge on any atom is -0.383 e. The Hall–Kier alpha value is -2.05. The topological polar surface area (TPSA) is 55.7 Å². The summed E-state index contributed by atoms with van der Waals surface area (Å²) in [7, 11) is 1.67. The van der Waals surface area contributed by atoms with Gasteiger partial charge in [0.25, 0.3) is 0 Å². The van der Waals surface area contributed by atoms with Gasteiger partial charge < -0.3 is 4.74 Å². The number of para-hydroxylation sites is 1. The van der Waals surface area contributed by atoms with E-state index in [4.69, 9.17) is 17.0 Å². The molecule has 102 valence electrons. The summed E-state index contributed by atoms with van der Waals surface area (Å²) in [6.07, 6.45) is 1.79.